The summed E-state index contributed by atoms with van der Waals surface area (Å²) in [5.41, 5.74) is 6.11. The molecule has 154 valence electrons. The Hall–Kier alpha value is -4.06. The van der Waals surface area contributed by atoms with Crippen LogP contribution in [0.15, 0.2) is 84.2 Å². The lowest BCUT2D eigenvalue weighted by Gasteiger charge is -2.15. The number of benzene rings is 2. The summed E-state index contributed by atoms with van der Waals surface area (Å²) in [6.07, 6.45) is 4.93. The van der Waals surface area contributed by atoms with Gasteiger partial charge in [0.1, 0.15) is 5.75 Å². The molecule has 0 saturated heterocycles. The number of amides is 1. The summed E-state index contributed by atoms with van der Waals surface area (Å²) in [6, 6.07) is 20.7. The third-order valence-corrected chi connectivity index (χ3v) is 4.55. The summed E-state index contributed by atoms with van der Waals surface area (Å²) >= 11 is 0. The van der Waals surface area contributed by atoms with E-state index in [2.05, 4.69) is 15.5 Å². The zero-order chi connectivity index (χ0) is 21.6. The predicted octanol–water partition coefficient (Wildman–Crippen LogP) is 4.85. The molecule has 0 aliphatic rings. The van der Waals surface area contributed by atoms with E-state index in [1.54, 1.807) is 24.7 Å². The number of pyridine rings is 2. The molecule has 31 heavy (non-hydrogen) atoms. The smallest absolute Gasteiger partial charge is 0.272 e. The summed E-state index contributed by atoms with van der Waals surface area (Å²) in [5.74, 6) is 0.406. The zero-order valence-corrected chi connectivity index (χ0v) is 17.3. The van der Waals surface area contributed by atoms with Crippen molar-refractivity contribution in [1.29, 1.82) is 0 Å². The highest BCUT2D eigenvalue weighted by Crippen LogP contribution is 2.32. The number of aromatic nitrogens is 2. The highest BCUT2D eigenvalue weighted by molar-refractivity contribution is 6.07. The van der Waals surface area contributed by atoms with Gasteiger partial charge in [0.25, 0.3) is 5.91 Å². The van der Waals surface area contributed by atoms with E-state index in [0.717, 1.165) is 27.8 Å². The molecule has 0 aliphatic heterocycles. The number of hydrogen-bond donors (Lipinski definition) is 1. The molecule has 2 heterocycles. The standard InChI is InChI=1S/C25H22N4O2/c1-17(2)31-24-12-6-4-10-20(24)23-14-21(19-9-3-5-11-22(19)28-23)25(30)29-27-16-18-8-7-13-26-15-18/h3-17H,1-2H3,(H,29,30)/b27-16+. The van der Waals surface area contributed by atoms with Crippen LogP contribution in [0.3, 0.4) is 0 Å². The number of nitrogens with zero attached hydrogens (tertiary/aromatic N) is 3. The first-order valence-corrected chi connectivity index (χ1v) is 10.0. The van der Waals surface area contributed by atoms with Crippen molar-refractivity contribution < 1.29 is 9.53 Å². The maximum Gasteiger partial charge on any atom is 0.272 e. The normalized spacial score (nSPS) is 11.2. The van der Waals surface area contributed by atoms with E-state index in [1.807, 2.05) is 74.5 Å². The highest BCUT2D eigenvalue weighted by atomic mass is 16.5. The number of rotatable bonds is 6. The Balaban J connectivity index is 1.72. The van der Waals surface area contributed by atoms with Gasteiger partial charge >= 0.3 is 0 Å². The maximum atomic E-state index is 13.0. The van der Waals surface area contributed by atoms with Gasteiger partial charge in [0.2, 0.25) is 0 Å². The quantitative estimate of drug-likeness (QED) is 0.364. The van der Waals surface area contributed by atoms with Crippen LogP contribution in [0, 0.1) is 0 Å². The Morgan fingerprint density at radius 1 is 1.06 bits per heavy atom. The predicted molar refractivity (Wildman–Crippen MR) is 122 cm³/mol. The zero-order valence-electron chi connectivity index (χ0n) is 17.3. The van der Waals surface area contributed by atoms with Crippen LogP contribution in [0.2, 0.25) is 0 Å². The molecule has 0 saturated carbocycles. The van der Waals surface area contributed by atoms with E-state index in [4.69, 9.17) is 9.72 Å². The second-order valence-electron chi connectivity index (χ2n) is 7.22. The van der Waals surface area contributed by atoms with Crippen molar-refractivity contribution in [2.75, 3.05) is 0 Å². The van der Waals surface area contributed by atoms with Crippen LogP contribution in [0.25, 0.3) is 22.2 Å². The summed E-state index contributed by atoms with van der Waals surface area (Å²) in [5, 5.41) is 4.83. The van der Waals surface area contributed by atoms with E-state index in [0.29, 0.717) is 11.3 Å². The molecule has 0 aliphatic carbocycles. The SMILES string of the molecule is CC(C)Oc1ccccc1-c1cc(C(=O)N/N=C/c2cccnc2)c2ccccc2n1. The van der Waals surface area contributed by atoms with Gasteiger partial charge in [-0.3, -0.25) is 9.78 Å². The van der Waals surface area contributed by atoms with Gasteiger partial charge in [-0.15, -0.1) is 0 Å². The molecule has 4 rings (SSSR count). The Labute approximate surface area is 180 Å². The van der Waals surface area contributed by atoms with Crippen molar-refractivity contribution in [2.45, 2.75) is 20.0 Å². The number of carbonyl (C=O) groups is 1. The largest absolute Gasteiger partial charge is 0.490 e. The minimum absolute atomic E-state index is 0.0196. The van der Waals surface area contributed by atoms with E-state index >= 15 is 0 Å². The van der Waals surface area contributed by atoms with Crippen LogP contribution in [-0.4, -0.2) is 28.2 Å². The lowest BCUT2D eigenvalue weighted by molar-refractivity contribution is 0.0956. The van der Waals surface area contributed by atoms with Crippen molar-refractivity contribution in [2.24, 2.45) is 5.10 Å². The van der Waals surface area contributed by atoms with Crippen LogP contribution in [0.1, 0.15) is 29.8 Å². The molecule has 6 heteroatoms. The molecule has 0 fully saturated rings. The van der Waals surface area contributed by atoms with Gasteiger partial charge in [-0.25, -0.2) is 10.4 Å². The van der Waals surface area contributed by atoms with Gasteiger partial charge in [0, 0.05) is 28.9 Å². The maximum absolute atomic E-state index is 13.0. The number of nitrogens with one attached hydrogen (secondary N) is 1. The van der Waals surface area contributed by atoms with Crippen LogP contribution >= 0.6 is 0 Å². The number of hydrogen-bond acceptors (Lipinski definition) is 5. The fraction of sp³-hybridized carbons (Fsp3) is 0.120. The van der Waals surface area contributed by atoms with Crippen molar-refractivity contribution in [1.82, 2.24) is 15.4 Å². The summed E-state index contributed by atoms with van der Waals surface area (Å²) in [7, 11) is 0. The number of para-hydroxylation sites is 2. The number of carbonyl (C=O) groups excluding carboxylic acids is 1. The van der Waals surface area contributed by atoms with Crippen LogP contribution in [0.5, 0.6) is 5.75 Å². The minimum Gasteiger partial charge on any atom is -0.490 e. The highest BCUT2D eigenvalue weighted by Gasteiger charge is 2.16. The van der Waals surface area contributed by atoms with Crippen LogP contribution in [-0.2, 0) is 0 Å². The molecule has 0 radical (unpaired) electrons. The molecule has 4 aromatic rings. The van der Waals surface area contributed by atoms with Crippen molar-refractivity contribution >= 4 is 23.0 Å². The topological polar surface area (TPSA) is 76.5 Å². The number of fused-ring (bicyclic) bond motifs is 1. The molecule has 1 N–H and O–H groups in total. The average Bonchev–Trinajstić information content (AvgIpc) is 2.79. The van der Waals surface area contributed by atoms with Crippen LogP contribution < -0.4 is 10.2 Å². The van der Waals surface area contributed by atoms with Gasteiger partial charge in [-0.2, -0.15) is 5.10 Å². The molecule has 2 aromatic heterocycles. The lowest BCUT2D eigenvalue weighted by atomic mass is 10.0. The first kappa shape index (κ1) is 20.2. The molecule has 0 unspecified atom stereocenters. The Morgan fingerprint density at radius 3 is 2.68 bits per heavy atom. The van der Waals surface area contributed by atoms with Crippen LogP contribution in [0.4, 0.5) is 0 Å². The second kappa shape index (κ2) is 9.17. The Kier molecular flexibility index (Phi) is 5.98. The van der Waals surface area contributed by atoms with Gasteiger partial charge < -0.3 is 4.74 Å². The Bertz CT molecular complexity index is 1240. The number of hydrazone groups is 1. The number of ether oxygens (including phenoxy) is 1. The van der Waals surface area contributed by atoms with E-state index in [9.17, 15) is 4.79 Å². The molecular formula is C25H22N4O2. The first-order valence-electron chi connectivity index (χ1n) is 10.0. The van der Waals surface area contributed by atoms with E-state index < -0.39 is 0 Å². The van der Waals surface area contributed by atoms with E-state index in [1.165, 1.54) is 0 Å². The minimum atomic E-state index is -0.317. The molecular weight excluding hydrogens is 388 g/mol. The van der Waals surface area contributed by atoms with E-state index in [-0.39, 0.29) is 12.0 Å². The molecule has 2 aromatic carbocycles. The molecule has 1 amide bonds. The van der Waals surface area contributed by atoms with Gasteiger partial charge in [0.05, 0.1) is 29.1 Å². The third-order valence-electron chi connectivity index (χ3n) is 4.55. The first-order chi connectivity index (χ1) is 15.1. The third kappa shape index (κ3) is 4.75. The fourth-order valence-electron chi connectivity index (χ4n) is 3.21. The summed E-state index contributed by atoms with van der Waals surface area (Å²) in [4.78, 5) is 21.8. The molecule has 6 nitrogen and oxygen atoms in total. The summed E-state index contributed by atoms with van der Waals surface area (Å²) in [6.45, 7) is 3.95. The average molecular weight is 410 g/mol. The van der Waals surface area contributed by atoms with Crippen molar-refractivity contribution in [3.8, 4) is 17.0 Å². The second-order valence-corrected chi connectivity index (χ2v) is 7.22. The summed E-state index contributed by atoms with van der Waals surface area (Å²) < 4.78 is 5.96. The van der Waals surface area contributed by atoms with Crippen molar-refractivity contribution in [3.05, 3.63) is 90.3 Å². The monoisotopic (exact) mass is 410 g/mol. The van der Waals surface area contributed by atoms with Crippen molar-refractivity contribution in [3.63, 3.8) is 0 Å². The van der Waals surface area contributed by atoms with Gasteiger partial charge in [-0.1, -0.05) is 36.4 Å². The van der Waals surface area contributed by atoms with Gasteiger partial charge in [-0.05, 0) is 44.2 Å². The molecule has 0 atom stereocenters. The molecule has 0 bridgehead atoms. The molecule has 0 spiro atoms. The van der Waals surface area contributed by atoms with Gasteiger partial charge in [0.15, 0.2) is 0 Å². The lowest BCUT2D eigenvalue weighted by Crippen LogP contribution is -2.18. The fourth-order valence-corrected chi connectivity index (χ4v) is 3.21. The Morgan fingerprint density at radius 2 is 1.87 bits per heavy atom.